The van der Waals surface area contributed by atoms with E-state index in [4.69, 9.17) is 37.9 Å². The van der Waals surface area contributed by atoms with Gasteiger partial charge in [-0.15, -0.1) is 0 Å². The number of piperazine rings is 1. The predicted octanol–water partition coefficient (Wildman–Crippen LogP) is 6.28. The largest absolute Gasteiger partial charge is 0.493 e. The summed E-state index contributed by atoms with van der Waals surface area (Å²) in [4.78, 5) is 28.7. The number of benzene rings is 2. The number of nitrogens with zero attached hydrogens (tertiary/aromatic N) is 5. The number of hydrogen-bond donors (Lipinski definition) is 2. The van der Waals surface area contributed by atoms with Crippen LogP contribution in [0.2, 0.25) is 10.0 Å². The molecule has 14 heteroatoms. The zero-order valence-electron chi connectivity index (χ0n) is 31.7. The van der Waals surface area contributed by atoms with Gasteiger partial charge in [-0.3, -0.25) is 25.1 Å². The van der Waals surface area contributed by atoms with Gasteiger partial charge in [0, 0.05) is 78.0 Å². The summed E-state index contributed by atoms with van der Waals surface area (Å²) in [6, 6.07) is 17.3. The Bertz CT molecular complexity index is 2070. The Morgan fingerprint density at radius 2 is 1.50 bits per heavy atom. The van der Waals surface area contributed by atoms with Crippen molar-refractivity contribution in [2.24, 2.45) is 0 Å². The van der Waals surface area contributed by atoms with Gasteiger partial charge >= 0.3 is 6.03 Å². The number of carbonyl (C=O) groups excluding carboxylic acids is 1. The van der Waals surface area contributed by atoms with Gasteiger partial charge in [0.05, 0.1) is 34.8 Å². The van der Waals surface area contributed by atoms with E-state index in [-0.39, 0.29) is 29.0 Å². The first-order valence-electron chi connectivity index (χ1n) is 18.5. The number of amides is 1. The first-order chi connectivity index (χ1) is 25.5. The van der Waals surface area contributed by atoms with E-state index in [0.29, 0.717) is 66.4 Å². The molecule has 3 fully saturated rings. The maximum absolute atomic E-state index is 14.7. The van der Waals surface area contributed by atoms with Gasteiger partial charge in [-0.2, -0.15) is 0 Å². The van der Waals surface area contributed by atoms with Crippen LogP contribution < -0.4 is 15.4 Å². The highest BCUT2D eigenvalue weighted by molar-refractivity contribution is 7.91. The Hall–Kier alpha value is -3.52. The number of nitrogens with one attached hydrogen (secondary N) is 2. The second-order valence-electron chi connectivity index (χ2n) is 16.0. The molecule has 0 bridgehead atoms. The zero-order valence-corrected chi connectivity index (χ0v) is 34.0. The summed E-state index contributed by atoms with van der Waals surface area (Å²) < 4.78 is 32.5. The zero-order chi connectivity index (χ0) is 38.7. The standard InChI is InChI=1S/C40H49Cl2N7O4S/c1-7-53-33-24-34(37(2,3)4)44-25-32(33)40(35-43-17-18-49(35)36(50)48-21-19-47(20-22-48)31-16-23-54(51,52)26-31)45-38(5,27-8-12-29(41)13-9-27)39(6,46-40)28-10-14-30(42)15-11-28/h8-15,17-18,24-25,31,45-46H,7,16,19-23,26H2,1-6H3/t31?,38-,39+,40?. The molecule has 5 heterocycles. The second-order valence-corrected chi connectivity index (χ2v) is 19.1. The normalized spacial score (nSPS) is 27.3. The minimum Gasteiger partial charge on any atom is -0.493 e. The molecule has 4 aromatic rings. The Kier molecular flexibility index (Phi) is 10.2. The van der Waals surface area contributed by atoms with Gasteiger partial charge in [0.2, 0.25) is 0 Å². The van der Waals surface area contributed by atoms with E-state index in [1.807, 2.05) is 72.6 Å². The highest BCUT2D eigenvalue weighted by atomic mass is 35.5. The number of ether oxygens (including phenoxy) is 1. The molecule has 3 aliphatic heterocycles. The number of aromatic nitrogens is 3. The van der Waals surface area contributed by atoms with Crippen molar-refractivity contribution in [2.45, 2.75) is 76.2 Å². The van der Waals surface area contributed by atoms with E-state index in [2.05, 4.69) is 50.2 Å². The molecule has 0 radical (unpaired) electrons. The molecule has 4 atom stereocenters. The average Bonchev–Trinajstić information content (AvgIpc) is 3.84. The molecule has 2 N–H and O–H groups in total. The smallest absolute Gasteiger partial charge is 0.329 e. The van der Waals surface area contributed by atoms with Gasteiger partial charge in [0.1, 0.15) is 5.75 Å². The van der Waals surface area contributed by atoms with Crippen LogP contribution in [0.5, 0.6) is 5.75 Å². The fraction of sp³-hybridized carbons (Fsp3) is 0.475. The average molecular weight is 795 g/mol. The molecule has 11 nitrogen and oxygen atoms in total. The summed E-state index contributed by atoms with van der Waals surface area (Å²) in [7, 11) is -3.02. The van der Waals surface area contributed by atoms with Crippen molar-refractivity contribution in [1.29, 1.82) is 0 Å². The van der Waals surface area contributed by atoms with Gasteiger partial charge in [-0.25, -0.2) is 18.2 Å². The molecular formula is C40H49Cl2N7O4S. The minimum absolute atomic E-state index is 0.0112. The van der Waals surface area contributed by atoms with E-state index in [0.717, 1.165) is 16.8 Å². The topological polar surface area (TPSA) is 122 Å². The Balaban J connectivity index is 1.38. The van der Waals surface area contributed by atoms with Gasteiger partial charge in [-0.05, 0) is 62.6 Å². The number of sulfone groups is 1. The van der Waals surface area contributed by atoms with Crippen LogP contribution in [0, 0.1) is 0 Å². The van der Waals surface area contributed by atoms with Crippen LogP contribution in [0.3, 0.4) is 0 Å². The molecule has 2 unspecified atom stereocenters. The summed E-state index contributed by atoms with van der Waals surface area (Å²) in [6.07, 6.45) is 5.81. The molecule has 0 aliphatic carbocycles. The van der Waals surface area contributed by atoms with Gasteiger partial charge in [0.15, 0.2) is 21.3 Å². The summed E-state index contributed by atoms with van der Waals surface area (Å²) in [5, 5.41) is 9.27. The first kappa shape index (κ1) is 38.7. The Morgan fingerprint density at radius 1 is 0.926 bits per heavy atom. The van der Waals surface area contributed by atoms with E-state index >= 15 is 0 Å². The molecule has 3 aliphatic rings. The molecular weight excluding hydrogens is 745 g/mol. The summed E-state index contributed by atoms with van der Waals surface area (Å²) in [6.45, 7) is 15.0. The van der Waals surface area contributed by atoms with Crippen LogP contribution in [0.25, 0.3) is 0 Å². The van der Waals surface area contributed by atoms with Gasteiger partial charge in [-0.1, -0.05) is 68.2 Å². The minimum atomic E-state index is -3.02. The van der Waals surface area contributed by atoms with Crippen molar-refractivity contribution in [2.75, 3.05) is 44.3 Å². The summed E-state index contributed by atoms with van der Waals surface area (Å²) >= 11 is 12.9. The lowest BCUT2D eigenvalue weighted by Gasteiger charge is -2.41. The van der Waals surface area contributed by atoms with Crippen LogP contribution in [-0.4, -0.2) is 89.1 Å². The van der Waals surface area contributed by atoms with Crippen LogP contribution in [0.15, 0.2) is 73.2 Å². The van der Waals surface area contributed by atoms with Crippen LogP contribution in [-0.2, 0) is 32.0 Å². The molecule has 0 spiro atoms. The van der Waals surface area contributed by atoms with Crippen molar-refractivity contribution in [1.82, 2.24) is 35.0 Å². The highest BCUT2D eigenvalue weighted by Crippen LogP contribution is 2.53. The number of pyridine rings is 1. The molecule has 3 saturated heterocycles. The van der Waals surface area contributed by atoms with Gasteiger partial charge < -0.3 is 9.64 Å². The lowest BCUT2D eigenvalue weighted by molar-refractivity contribution is 0.115. The van der Waals surface area contributed by atoms with E-state index in [1.54, 1.807) is 17.0 Å². The van der Waals surface area contributed by atoms with Gasteiger partial charge in [0.25, 0.3) is 0 Å². The maximum Gasteiger partial charge on any atom is 0.329 e. The fourth-order valence-corrected chi connectivity index (χ4v) is 10.3. The summed E-state index contributed by atoms with van der Waals surface area (Å²) in [5.74, 6) is 1.42. The van der Waals surface area contributed by atoms with E-state index in [1.165, 1.54) is 0 Å². The third-order valence-electron chi connectivity index (χ3n) is 11.5. The third kappa shape index (κ3) is 6.83. The number of halogens is 2. The predicted molar refractivity (Wildman–Crippen MR) is 212 cm³/mol. The molecule has 0 saturated carbocycles. The molecule has 1 amide bonds. The molecule has 7 rings (SSSR count). The number of hydrogen-bond acceptors (Lipinski definition) is 9. The molecule has 2 aromatic heterocycles. The second kappa shape index (κ2) is 14.2. The monoisotopic (exact) mass is 793 g/mol. The molecule has 288 valence electrons. The van der Waals surface area contributed by atoms with Crippen molar-refractivity contribution in [3.8, 4) is 5.75 Å². The lowest BCUT2D eigenvalue weighted by atomic mass is 9.72. The van der Waals surface area contributed by atoms with Crippen molar-refractivity contribution in [3.63, 3.8) is 0 Å². The number of carbonyl (C=O) groups is 1. The van der Waals surface area contributed by atoms with Crippen LogP contribution in [0.1, 0.15) is 76.2 Å². The van der Waals surface area contributed by atoms with Crippen LogP contribution >= 0.6 is 23.2 Å². The van der Waals surface area contributed by atoms with Crippen LogP contribution in [0.4, 0.5) is 4.79 Å². The quantitative estimate of drug-likeness (QED) is 0.223. The maximum atomic E-state index is 14.7. The fourth-order valence-electron chi connectivity index (χ4n) is 8.32. The van der Waals surface area contributed by atoms with Crippen molar-refractivity contribution >= 4 is 39.1 Å². The molecule has 2 aromatic carbocycles. The number of imidazole rings is 1. The first-order valence-corrected chi connectivity index (χ1v) is 21.1. The lowest BCUT2D eigenvalue weighted by Crippen LogP contribution is -2.56. The molecule has 54 heavy (non-hydrogen) atoms. The Morgan fingerprint density at radius 3 is 2.00 bits per heavy atom. The van der Waals surface area contributed by atoms with E-state index < -0.39 is 26.6 Å². The van der Waals surface area contributed by atoms with Crippen molar-refractivity contribution in [3.05, 3.63) is 111 Å². The third-order valence-corrected chi connectivity index (χ3v) is 13.8. The number of rotatable bonds is 7. The highest BCUT2D eigenvalue weighted by Gasteiger charge is 2.63. The Labute approximate surface area is 328 Å². The van der Waals surface area contributed by atoms with E-state index in [9.17, 15) is 13.2 Å². The summed E-state index contributed by atoms with van der Waals surface area (Å²) in [5.41, 5.74) is 0.114. The SMILES string of the molecule is CCOc1cc(C(C)(C)C)ncc1C1(c2nccn2C(=O)N2CCN(C3CCS(=O)(=O)C3)CC2)N[C@@](C)(c2ccc(Cl)cc2)[C@@](C)(c2ccc(Cl)cc2)N1. The van der Waals surface area contributed by atoms with Crippen molar-refractivity contribution < 1.29 is 17.9 Å².